The number of amides is 1. The van der Waals surface area contributed by atoms with Gasteiger partial charge in [-0.05, 0) is 44.7 Å². The molecule has 1 fully saturated rings. The van der Waals surface area contributed by atoms with Crippen molar-refractivity contribution in [1.82, 2.24) is 20.8 Å². The molecule has 1 amide bonds. The van der Waals surface area contributed by atoms with Crippen LogP contribution in [0.2, 0.25) is 0 Å². The van der Waals surface area contributed by atoms with Crippen LogP contribution in [0.3, 0.4) is 0 Å². The van der Waals surface area contributed by atoms with Crippen LogP contribution in [0.25, 0.3) is 11.5 Å². The maximum Gasteiger partial charge on any atom is 0.257 e. The minimum absolute atomic E-state index is 0.0357. The van der Waals surface area contributed by atoms with Crippen LogP contribution in [0.4, 0.5) is 0 Å². The number of nitrogens with one attached hydrogen (secondary N) is 2. The molecule has 1 heterocycles. The third kappa shape index (κ3) is 4.20. The molecule has 6 heteroatoms. The zero-order valence-corrected chi connectivity index (χ0v) is 14.2. The molecule has 0 saturated heterocycles. The molecule has 1 aliphatic rings. The van der Waals surface area contributed by atoms with Gasteiger partial charge in [-0.3, -0.25) is 4.79 Å². The minimum Gasteiger partial charge on any atom is -0.354 e. The highest BCUT2D eigenvalue weighted by Gasteiger charge is 2.24. The average Bonchev–Trinajstić information content (AvgIpc) is 3.07. The Bertz CT molecular complexity index is 663. The van der Waals surface area contributed by atoms with E-state index in [1.807, 2.05) is 30.3 Å². The first-order chi connectivity index (χ1) is 11.6. The lowest BCUT2D eigenvalue weighted by Gasteiger charge is -2.30. The summed E-state index contributed by atoms with van der Waals surface area (Å²) < 4.78 is 5.37. The van der Waals surface area contributed by atoms with E-state index >= 15 is 0 Å². The van der Waals surface area contributed by atoms with E-state index < -0.39 is 0 Å². The van der Waals surface area contributed by atoms with Crippen LogP contribution in [-0.4, -0.2) is 28.1 Å². The number of nitrogens with zero attached hydrogens (tertiary/aromatic N) is 2. The van der Waals surface area contributed by atoms with Crippen molar-refractivity contribution in [2.45, 2.75) is 57.7 Å². The van der Waals surface area contributed by atoms with Crippen LogP contribution in [0, 0.1) is 0 Å². The third-order valence-corrected chi connectivity index (χ3v) is 4.47. The lowest BCUT2D eigenvalue weighted by molar-refractivity contribution is -0.119. The first-order valence-electron chi connectivity index (χ1n) is 8.54. The Hall–Kier alpha value is -2.21. The molecule has 0 aliphatic heterocycles. The Labute approximate surface area is 142 Å². The van der Waals surface area contributed by atoms with Gasteiger partial charge in [-0.15, -0.1) is 0 Å². The van der Waals surface area contributed by atoms with Gasteiger partial charge in [0.05, 0.1) is 6.04 Å². The monoisotopic (exact) mass is 328 g/mol. The molecule has 24 heavy (non-hydrogen) atoms. The van der Waals surface area contributed by atoms with Gasteiger partial charge in [-0.25, -0.2) is 0 Å². The maximum atomic E-state index is 11.1. The standard InChI is InChI=1S/C18H24N4O2/c1-12(19-15-8-10-16(11-9-15)20-13(2)23)17-21-18(24-22-17)14-6-4-3-5-7-14/h3-7,12,15-16,19H,8-11H2,1-2H3,(H,20,23). The maximum absolute atomic E-state index is 11.1. The van der Waals surface area contributed by atoms with E-state index in [-0.39, 0.29) is 11.9 Å². The highest BCUT2D eigenvalue weighted by atomic mass is 16.5. The van der Waals surface area contributed by atoms with Crippen molar-refractivity contribution in [2.24, 2.45) is 0 Å². The number of hydrogen-bond acceptors (Lipinski definition) is 5. The largest absolute Gasteiger partial charge is 0.354 e. The van der Waals surface area contributed by atoms with E-state index in [2.05, 4.69) is 27.7 Å². The molecular weight excluding hydrogens is 304 g/mol. The van der Waals surface area contributed by atoms with Gasteiger partial charge in [0, 0.05) is 24.6 Å². The van der Waals surface area contributed by atoms with Crippen molar-refractivity contribution in [2.75, 3.05) is 0 Å². The molecule has 1 aromatic carbocycles. The molecule has 1 unspecified atom stereocenters. The lowest BCUT2D eigenvalue weighted by atomic mass is 9.90. The van der Waals surface area contributed by atoms with E-state index in [1.54, 1.807) is 6.92 Å². The Morgan fingerprint density at radius 2 is 1.83 bits per heavy atom. The van der Waals surface area contributed by atoms with E-state index in [0.29, 0.717) is 23.8 Å². The molecule has 0 spiro atoms. The van der Waals surface area contributed by atoms with Crippen LogP contribution in [0.1, 0.15) is 51.4 Å². The molecule has 128 valence electrons. The second-order valence-electron chi connectivity index (χ2n) is 6.46. The fourth-order valence-electron chi connectivity index (χ4n) is 3.23. The fourth-order valence-corrected chi connectivity index (χ4v) is 3.23. The summed E-state index contributed by atoms with van der Waals surface area (Å²) in [5.41, 5.74) is 0.930. The van der Waals surface area contributed by atoms with Crippen LogP contribution in [0.15, 0.2) is 34.9 Å². The topological polar surface area (TPSA) is 80.0 Å². The summed E-state index contributed by atoms with van der Waals surface area (Å²) in [5, 5.41) is 10.7. The summed E-state index contributed by atoms with van der Waals surface area (Å²) in [6, 6.07) is 10.5. The molecule has 0 radical (unpaired) electrons. The van der Waals surface area contributed by atoms with Crippen LogP contribution in [-0.2, 0) is 4.79 Å². The zero-order chi connectivity index (χ0) is 16.9. The molecule has 2 aromatic rings. The smallest absolute Gasteiger partial charge is 0.257 e. The van der Waals surface area contributed by atoms with Gasteiger partial charge in [-0.2, -0.15) is 4.98 Å². The van der Waals surface area contributed by atoms with Gasteiger partial charge in [0.1, 0.15) is 0 Å². The van der Waals surface area contributed by atoms with Gasteiger partial charge in [-0.1, -0.05) is 23.4 Å². The number of carbonyl (C=O) groups is 1. The predicted molar refractivity (Wildman–Crippen MR) is 91.1 cm³/mol. The van der Waals surface area contributed by atoms with Crippen LogP contribution >= 0.6 is 0 Å². The van der Waals surface area contributed by atoms with Gasteiger partial charge in [0.2, 0.25) is 5.91 Å². The number of hydrogen-bond donors (Lipinski definition) is 2. The zero-order valence-electron chi connectivity index (χ0n) is 14.2. The van der Waals surface area contributed by atoms with Gasteiger partial charge >= 0.3 is 0 Å². The summed E-state index contributed by atoms with van der Waals surface area (Å²) in [6.45, 7) is 3.63. The van der Waals surface area contributed by atoms with E-state index in [1.165, 1.54) is 0 Å². The van der Waals surface area contributed by atoms with Gasteiger partial charge < -0.3 is 15.2 Å². The van der Waals surface area contributed by atoms with Crippen molar-refractivity contribution < 1.29 is 9.32 Å². The summed E-state index contributed by atoms with van der Waals surface area (Å²) in [6.07, 6.45) is 4.09. The first kappa shape index (κ1) is 16.6. The summed E-state index contributed by atoms with van der Waals surface area (Å²) in [7, 11) is 0. The first-order valence-corrected chi connectivity index (χ1v) is 8.54. The molecule has 6 nitrogen and oxygen atoms in total. The SMILES string of the molecule is CC(=O)NC1CCC(NC(C)c2noc(-c3ccccc3)n2)CC1. The normalized spacial score (nSPS) is 22.1. The van der Waals surface area contributed by atoms with Crippen molar-refractivity contribution >= 4 is 5.91 Å². The van der Waals surface area contributed by atoms with E-state index in [9.17, 15) is 4.79 Å². The minimum atomic E-state index is 0.0357. The highest BCUT2D eigenvalue weighted by molar-refractivity contribution is 5.73. The molecule has 2 N–H and O–H groups in total. The van der Waals surface area contributed by atoms with Crippen LogP contribution < -0.4 is 10.6 Å². The highest BCUT2D eigenvalue weighted by Crippen LogP contribution is 2.23. The fraction of sp³-hybridized carbons (Fsp3) is 0.500. The predicted octanol–water partition coefficient (Wildman–Crippen LogP) is 2.83. The number of rotatable bonds is 5. The summed E-state index contributed by atoms with van der Waals surface area (Å²) >= 11 is 0. The number of aromatic nitrogens is 2. The van der Waals surface area contributed by atoms with Crippen molar-refractivity contribution in [3.05, 3.63) is 36.2 Å². The van der Waals surface area contributed by atoms with Crippen molar-refractivity contribution in [3.63, 3.8) is 0 Å². The quantitative estimate of drug-likeness (QED) is 0.882. The molecule has 1 aliphatic carbocycles. The van der Waals surface area contributed by atoms with Gasteiger partial charge in [0.25, 0.3) is 5.89 Å². The number of carbonyl (C=O) groups excluding carboxylic acids is 1. The van der Waals surface area contributed by atoms with Crippen LogP contribution in [0.5, 0.6) is 0 Å². The second-order valence-corrected chi connectivity index (χ2v) is 6.46. The third-order valence-electron chi connectivity index (χ3n) is 4.47. The molecule has 1 atom stereocenters. The molecular formula is C18H24N4O2. The molecule has 0 bridgehead atoms. The van der Waals surface area contributed by atoms with Gasteiger partial charge in [0.15, 0.2) is 5.82 Å². The van der Waals surface area contributed by atoms with E-state index in [4.69, 9.17) is 4.52 Å². The Kier molecular flexibility index (Phi) is 5.25. The lowest BCUT2D eigenvalue weighted by Crippen LogP contribution is -2.42. The average molecular weight is 328 g/mol. The van der Waals surface area contributed by atoms with Crippen molar-refractivity contribution in [1.29, 1.82) is 0 Å². The summed E-state index contributed by atoms with van der Waals surface area (Å²) in [5.74, 6) is 1.28. The second kappa shape index (κ2) is 7.57. The molecule has 3 rings (SSSR count). The molecule has 1 aromatic heterocycles. The Morgan fingerprint density at radius 1 is 1.17 bits per heavy atom. The molecule has 1 saturated carbocycles. The summed E-state index contributed by atoms with van der Waals surface area (Å²) in [4.78, 5) is 15.6. The number of benzene rings is 1. The Balaban J connectivity index is 1.54. The van der Waals surface area contributed by atoms with Crippen molar-refractivity contribution in [3.8, 4) is 11.5 Å². The van der Waals surface area contributed by atoms with E-state index in [0.717, 1.165) is 31.2 Å². The Morgan fingerprint density at radius 3 is 2.50 bits per heavy atom.